The number of rotatable bonds is 4. The van der Waals surface area contributed by atoms with Gasteiger partial charge in [0.25, 0.3) is 5.67 Å². The first kappa shape index (κ1) is 24.1. The van der Waals surface area contributed by atoms with Crippen LogP contribution in [0.5, 0.6) is 5.75 Å². The highest BCUT2D eigenvalue weighted by atomic mass is 127. The zero-order valence-electron chi connectivity index (χ0n) is 17.5. The van der Waals surface area contributed by atoms with Crippen LogP contribution in [0, 0.1) is 39.6 Å². The number of carbonyl (C=O) groups is 1. The molecule has 1 atom stereocenters. The molecule has 1 heterocycles. The number of aliphatic imine (C=N–C) groups is 1. The zero-order chi connectivity index (χ0) is 24.9. The molecule has 1 aliphatic heterocycles. The molecule has 2 aromatic rings. The van der Waals surface area contributed by atoms with Crippen LogP contribution in [0.25, 0.3) is 0 Å². The van der Waals surface area contributed by atoms with Gasteiger partial charge in [-0.25, -0.2) is 22.4 Å². The molecule has 0 amide bonds. The number of allylic oxidation sites excluding steroid dienone is 1. The number of ether oxygens (including phenoxy) is 1. The molecule has 2 aromatic carbocycles. The number of esters is 1. The number of halogens is 7. The molecule has 34 heavy (non-hydrogen) atoms. The summed E-state index contributed by atoms with van der Waals surface area (Å²) in [5.74, 6) is -15.7. The van der Waals surface area contributed by atoms with E-state index in [-0.39, 0.29) is 12.4 Å². The van der Waals surface area contributed by atoms with E-state index in [1.165, 1.54) is 11.0 Å². The van der Waals surface area contributed by atoms with Crippen molar-refractivity contribution in [1.82, 2.24) is 4.90 Å². The van der Waals surface area contributed by atoms with Gasteiger partial charge in [-0.1, -0.05) is 0 Å². The fraction of sp³-hybridized carbons (Fsp3) is 0.182. The summed E-state index contributed by atoms with van der Waals surface area (Å²) in [5, 5.41) is 2.76. The Balaban J connectivity index is 1.78. The lowest BCUT2D eigenvalue weighted by Gasteiger charge is -2.30. The van der Waals surface area contributed by atoms with E-state index in [4.69, 9.17) is 0 Å². The maximum atomic E-state index is 16.3. The van der Waals surface area contributed by atoms with Gasteiger partial charge in [-0.3, -0.25) is 4.99 Å². The van der Waals surface area contributed by atoms with Crippen molar-refractivity contribution in [2.75, 3.05) is 19.0 Å². The molecule has 1 unspecified atom stereocenters. The minimum Gasteiger partial charge on any atom is -0.417 e. The van der Waals surface area contributed by atoms with E-state index in [0.29, 0.717) is 17.0 Å². The molecule has 1 N–H and O–H groups in total. The molecular weight excluding hydrogens is 579 g/mol. The number of benzene rings is 2. The average molecular weight is 593 g/mol. The Morgan fingerprint density at radius 3 is 2.35 bits per heavy atom. The summed E-state index contributed by atoms with van der Waals surface area (Å²) >= 11 is 2.08. The van der Waals surface area contributed by atoms with Crippen molar-refractivity contribution < 1.29 is 35.9 Å². The van der Waals surface area contributed by atoms with Gasteiger partial charge >= 0.3 is 5.97 Å². The van der Waals surface area contributed by atoms with Gasteiger partial charge < -0.3 is 15.0 Å². The third kappa shape index (κ3) is 3.93. The van der Waals surface area contributed by atoms with E-state index < -0.39 is 52.2 Å². The van der Waals surface area contributed by atoms with E-state index in [1.807, 2.05) is 0 Å². The lowest BCUT2D eigenvalue weighted by Crippen LogP contribution is -2.44. The van der Waals surface area contributed by atoms with Crippen molar-refractivity contribution in [1.29, 1.82) is 0 Å². The average Bonchev–Trinajstić information content (AvgIpc) is 3.14. The summed E-state index contributed by atoms with van der Waals surface area (Å²) in [7, 11) is 1.56. The fourth-order valence-corrected chi connectivity index (χ4v) is 4.04. The maximum absolute atomic E-state index is 16.3. The van der Waals surface area contributed by atoms with Crippen molar-refractivity contribution in [3.8, 4) is 5.75 Å². The Morgan fingerprint density at radius 1 is 1.12 bits per heavy atom. The Hall–Kier alpha value is -3.03. The molecule has 2 aliphatic rings. The van der Waals surface area contributed by atoms with Gasteiger partial charge in [0.2, 0.25) is 34.8 Å². The molecule has 1 aliphatic carbocycles. The van der Waals surface area contributed by atoms with Gasteiger partial charge in [-0.2, -0.15) is 8.78 Å². The molecule has 0 bridgehead atoms. The van der Waals surface area contributed by atoms with Crippen molar-refractivity contribution in [2.45, 2.75) is 12.6 Å². The fourth-order valence-electron chi connectivity index (χ4n) is 3.40. The summed E-state index contributed by atoms with van der Waals surface area (Å²) in [6.07, 6.45) is 2.04. The van der Waals surface area contributed by atoms with Crippen LogP contribution in [-0.4, -0.2) is 36.0 Å². The summed E-state index contributed by atoms with van der Waals surface area (Å²) < 4.78 is 90.2. The highest BCUT2D eigenvalue weighted by Crippen LogP contribution is 2.37. The van der Waals surface area contributed by atoms with Gasteiger partial charge in [-0.05, 0) is 65.4 Å². The molecule has 0 aromatic heterocycles. The van der Waals surface area contributed by atoms with Crippen LogP contribution in [0.2, 0.25) is 0 Å². The molecule has 0 spiro atoms. The van der Waals surface area contributed by atoms with Crippen LogP contribution in [0.1, 0.15) is 5.56 Å². The Morgan fingerprint density at radius 2 is 1.74 bits per heavy atom. The molecular formula is C22H14F6IN3O2. The zero-order valence-corrected chi connectivity index (χ0v) is 19.6. The van der Waals surface area contributed by atoms with Crippen LogP contribution >= 0.6 is 22.6 Å². The lowest BCUT2D eigenvalue weighted by molar-refractivity contribution is -0.143. The van der Waals surface area contributed by atoms with E-state index in [9.17, 15) is 26.7 Å². The number of anilines is 1. The van der Waals surface area contributed by atoms with E-state index >= 15 is 4.39 Å². The minimum absolute atomic E-state index is 0.149. The molecule has 12 heteroatoms. The van der Waals surface area contributed by atoms with Crippen LogP contribution in [0.3, 0.4) is 0 Å². The number of nitrogens with zero attached hydrogens (tertiary/aromatic N) is 2. The number of hydrogen-bond acceptors (Lipinski definition) is 5. The summed E-state index contributed by atoms with van der Waals surface area (Å²) in [5.41, 5.74) is -2.00. The predicted octanol–water partition coefficient (Wildman–Crippen LogP) is 5.15. The van der Waals surface area contributed by atoms with Crippen LogP contribution in [-0.2, 0) is 4.79 Å². The number of nitrogens with one attached hydrogen (secondary N) is 1. The van der Waals surface area contributed by atoms with Gasteiger partial charge in [0.15, 0.2) is 0 Å². The summed E-state index contributed by atoms with van der Waals surface area (Å²) in [4.78, 5) is 18.6. The monoisotopic (exact) mass is 593 g/mol. The second-order valence-electron chi connectivity index (χ2n) is 7.55. The van der Waals surface area contributed by atoms with E-state index in [0.717, 1.165) is 9.65 Å². The number of hydrogen-bond donors (Lipinski definition) is 1. The second-order valence-corrected chi connectivity index (χ2v) is 8.80. The van der Waals surface area contributed by atoms with Crippen molar-refractivity contribution in [3.63, 3.8) is 0 Å². The van der Waals surface area contributed by atoms with Gasteiger partial charge in [0.1, 0.15) is 6.67 Å². The Kier molecular flexibility index (Phi) is 6.12. The topological polar surface area (TPSA) is 53.9 Å². The predicted molar refractivity (Wildman–Crippen MR) is 119 cm³/mol. The number of carbonyl (C=O) groups excluding carboxylic acids is 1. The standard InChI is InChI=1S/C22H14F6IN3O2/c1-9-5-10(29)3-4-11(9)31-14-6-12-13(32(2)8-30-12)7-22(14,28)21(33)34-20-18(26)16(24)15(23)17(25)19(20)27/h3-7,31H,8H2,1-2H3. The molecule has 4 rings (SSSR count). The van der Waals surface area contributed by atoms with Gasteiger partial charge in [0, 0.05) is 16.3 Å². The minimum atomic E-state index is -3.18. The Labute approximate surface area is 202 Å². The normalized spacial score (nSPS) is 19.3. The molecule has 0 radical (unpaired) electrons. The summed E-state index contributed by atoms with van der Waals surface area (Å²) in [6, 6.07) is 5.12. The van der Waals surface area contributed by atoms with Crippen molar-refractivity contribution >= 4 is 40.0 Å². The number of aryl methyl sites for hydroxylation is 1. The smallest absolute Gasteiger partial charge is 0.360 e. The van der Waals surface area contributed by atoms with Gasteiger partial charge in [-0.15, -0.1) is 0 Å². The molecule has 0 fully saturated rings. The highest BCUT2D eigenvalue weighted by molar-refractivity contribution is 14.1. The first-order chi connectivity index (χ1) is 15.9. The van der Waals surface area contributed by atoms with Crippen molar-refractivity contribution in [3.05, 3.63) is 80.0 Å². The first-order valence-electron chi connectivity index (χ1n) is 9.60. The third-order valence-corrected chi connectivity index (χ3v) is 5.93. The molecule has 0 saturated carbocycles. The number of alkyl halides is 1. The number of fused-ring (bicyclic) bond motifs is 1. The summed E-state index contributed by atoms with van der Waals surface area (Å²) in [6.45, 7) is 1.87. The Bertz CT molecular complexity index is 1300. The largest absolute Gasteiger partial charge is 0.417 e. The molecule has 178 valence electrons. The SMILES string of the molecule is Cc1cc(I)ccc1NC1=CC2=NCN(C)C2=CC1(F)C(=O)Oc1c(F)c(F)c(F)c(F)c1F. The quantitative estimate of drug-likeness (QED) is 0.133. The van der Waals surface area contributed by atoms with E-state index in [2.05, 4.69) is 37.6 Å². The first-order valence-corrected chi connectivity index (χ1v) is 10.7. The lowest BCUT2D eigenvalue weighted by atomic mass is 9.92. The van der Waals surface area contributed by atoms with Gasteiger partial charge in [0.05, 0.1) is 17.1 Å². The van der Waals surface area contributed by atoms with Crippen molar-refractivity contribution in [2.24, 2.45) is 4.99 Å². The maximum Gasteiger partial charge on any atom is 0.360 e. The highest BCUT2D eigenvalue weighted by Gasteiger charge is 2.48. The second kappa shape index (κ2) is 8.64. The van der Waals surface area contributed by atoms with E-state index in [1.54, 1.807) is 32.2 Å². The third-order valence-electron chi connectivity index (χ3n) is 5.25. The molecule has 5 nitrogen and oxygen atoms in total. The van der Waals surface area contributed by atoms with Crippen LogP contribution < -0.4 is 10.1 Å². The van der Waals surface area contributed by atoms with Crippen LogP contribution in [0.15, 0.2) is 46.7 Å². The molecule has 0 saturated heterocycles. The van der Waals surface area contributed by atoms with Crippen LogP contribution in [0.4, 0.5) is 32.0 Å².